The van der Waals surface area contributed by atoms with Gasteiger partial charge in [-0.15, -0.1) is 0 Å². The van der Waals surface area contributed by atoms with Crippen LogP contribution in [0.1, 0.15) is 51.4 Å². The molecule has 1 atom stereocenters. The Morgan fingerprint density at radius 3 is 2.55 bits per heavy atom. The molecule has 116 valence electrons. The Labute approximate surface area is 122 Å². The fourth-order valence-electron chi connectivity index (χ4n) is 3.86. The van der Waals surface area contributed by atoms with Crippen LogP contribution in [0.3, 0.4) is 0 Å². The number of likely N-dealkylation sites (tertiary alicyclic amines) is 1. The zero-order valence-electron chi connectivity index (χ0n) is 12.8. The first kappa shape index (κ1) is 14.8. The Morgan fingerprint density at radius 2 is 1.85 bits per heavy atom. The smallest absolute Gasteiger partial charge is 0.168 e. The van der Waals surface area contributed by atoms with Crippen molar-refractivity contribution in [3.8, 4) is 0 Å². The monoisotopic (exact) mass is 283 g/mol. The molecule has 0 aromatic rings. The molecule has 0 aromatic heterocycles. The molecule has 3 aliphatic rings. The van der Waals surface area contributed by atoms with Crippen molar-refractivity contribution >= 4 is 0 Å². The molecule has 1 unspecified atom stereocenters. The van der Waals surface area contributed by atoms with E-state index in [1.54, 1.807) is 0 Å². The Morgan fingerprint density at radius 1 is 1.10 bits per heavy atom. The minimum atomic E-state index is -0.247. The highest BCUT2D eigenvalue weighted by molar-refractivity contribution is 4.83. The van der Waals surface area contributed by atoms with Crippen molar-refractivity contribution in [1.82, 2.24) is 4.90 Å². The lowest BCUT2D eigenvalue weighted by Crippen LogP contribution is -2.39. The van der Waals surface area contributed by atoms with Crippen LogP contribution in [0.5, 0.6) is 0 Å². The largest absolute Gasteiger partial charge is 0.378 e. The minimum Gasteiger partial charge on any atom is -0.378 e. The van der Waals surface area contributed by atoms with Gasteiger partial charge in [0.25, 0.3) is 0 Å². The molecule has 0 amide bonds. The lowest BCUT2D eigenvalue weighted by molar-refractivity contribution is -0.192. The van der Waals surface area contributed by atoms with Gasteiger partial charge in [-0.05, 0) is 45.7 Å². The van der Waals surface area contributed by atoms with Crippen LogP contribution < -0.4 is 0 Å². The van der Waals surface area contributed by atoms with Gasteiger partial charge in [0.05, 0.1) is 19.3 Å². The topological polar surface area (TPSA) is 30.9 Å². The Bertz CT molecular complexity index is 294. The Hall–Kier alpha value is -0.160. The summed E-state index contributed by atoms with van der Waals surface area (Å²) < 4.78 is 17.6. The van der Waals surface area contributed by atoms with E-state index in [1.165, 1.54) is 32.2 Å². The first-order chi connectivity index (χ1) is 9.77. The summed E-state index contributed by atoms with van der Waals surface area (Å²) in [6, 6.07) is 0.736. The summed E-state index contributed by atoms with van der Waals surface area (Å²) in [5.41, 5.74) is 0. The molecule has 0 aromatic carbocycles. The van der Waals surface area contributed by atoms with E-state index in [0.717, 1.165) is 51.5 Å². The van der Waals surface area contributed by atoms with Crippen LogP contribution in [0.4, 0.5) is 0 Å². The third-order valence-corrected chi connectivity index (χ3v) is 5.23. The van der Waals surface area contributed by atoms with E-state index < -0.39 is 0 Å². The van der Waals surface area contributed by atoms with E-state index in [1.807, 2.05) is 0 Å². The highest BCUT2D eigenvalue weighted by atomic mass is 16.7. The van der Waals surface area contributed by atoms with Crippen molar-refractivity contribution in [2.24, 2.45) is 0 Å². The van der Waals surface area contributed by atoms with E-state index in [9.17, 15) is 0 Å². The number of nitrogens with zero attached hydrogens (tertiary/aromatic N) is 1. The van der Waals surface area contributed by atoms with Crippen LogP contribution in [0.25, 0.3) is 0 Å². The molecule has 3 fully saturated rings. The van der Waals surface area contributed by atoms with Crippen LogP contribution in [0.2, 0.25) is 0 Å². The number of hydrogen-bond acceptors (Lipinski definition) is 4. The Balaban J connectivity index is 1.33. The van der Waals surface area contributed by atoms with Gasteiger partial charge in [-0.1, -0.05) is 6.42 Å². The first-order valence-electron chi connectivity index (χ1n) is 8.37. The maximum Gasteiger partial charge on any atom is 0.168 e. The SMILES string of the molecule is CN1CCCCC1CCOC1CCC2(CC1)OCCO2. The van der Waals surface area contributed by atoms with E-state index in [4.69, 9.17) is 14.2 Å². The molecule has 1 aliphatic carbocycles. The second-order valence-corrected chi connectivity index (χ2v) is 6.60. The van der Waals surface area contributed by atoms with Gasteiger partial charge in [-0.25, -0.2) is 0 Å². The summed E-state index contributed by atoms with van der Waals surface area (Å²) in [5.74, 6) is -0.247. The summed E-state index contributed by atoms with van der Waals surface area (Å²) in [6.45, 7) is 3.69. The van der Waals surface area contributed by atoms with Crippen LogP contribution >= 0.6 is 0 Å². The standard InChI is InChI=1S/C16H29NO3/c1-17-10-3-2-4-14(17)7-11-18-15-5-8-16(9-6-15)19-12-13-20-16/h14-15H,2-13H2,1H3. The van der Waals surface area contributed by atoms with Gasteiger partial charge in [-0.2, -0.15) is 0 Å². The third kappa shape index (κ3) is 3.53. The van der Waals surface area contributed by atoms with Crippen molar-refractivity contribution in [3.63, 3.8) is 0 Å². The second-order valence-electron chi connectivity index (χ2n) is 6.60. The molecule has 4 nitrogen and oxygen atoms in total. The summed E-state index contributed by atoms with van der Waals surface area (Å²) in [5, 5.41) is 0. The van der Waals surface area contributed by atoms with Crippen LogP contribution in [0, 0.1) is 0 Å². The lowest BCUT2D eigenvalue weighted by Gasteiger charge is -2.36. The molecule has 1 saturated carbocycles. The fraction of sp³-hybridized carbons (Fsp3) is 1.00. The van der Waals surface area contributed by atoms with Gasteiger partial charge in [-0.3, -0.25) is 0 Å². The molecule has 2 saturated heterocycles. The highest BCUT2D eigenvalue weighted by Crippen LogP contribution is 2.36. The molecular formula is C16H29NO3. The van der Waals surface area contributed by atoms with Gasteiger partial charge in [0.15, 0.2) is 5.79 Å². The molecule has 0 radical (unpaired) electrons. The van der Waals surface area contributed by atoms with Crippen molar-refractivity contribution in [2.75, 3.05) is 33.4 Å². The molecule has 20 heavy (non-hydrogen) atoms. The summed E-state index contributed by atoms with van der Waals surface area (Å²) in [7, 11) is 2.25. The zero-order valence-corrected chi connectivity index (χ0v) is 12.8. The molecule has 0 bridgehead atoms. The van der Waals surface area contributed by atoms with Crippen molar-refractivity contribution in [1.29, 1.82) is 0 Å². The molecule has 3 rings (SSSR count). The number of ether oxygens (including phenoxy) is 3. The van der Waals surface area contributed by atoms with E-state index in [-0.39, 0.29) is 5.79 Å². The fourth-order valence-corrected chi connectivity index (χ4v) is 3.86. The van der Waals surface area contributed by atoms with Gasteiger partial charge in [0.2, 0.25) is 0 Å². The van der Waals surface area contributed by atoms with Crippen molar-refractivity contribution in [3.05, 3.63) is 0 Å². The normalized spacial score (nSPS) is 31.9. The first-order valence-corrected chi connectivity index (χ1v) is 8.37. The average Bonchev–Trinajstić information content (AvgIpc) is 2.92. The van der Waals surface area contributed by atoms with Gasteiger partial charge in [0.1, 0.15) is 0 Å². The van der Waals surface area contributed by atoms with Crippen molar-refractivity contribution < 1.29 is 14.2 Å². The minimum absolute atomic E-state index is 0.247. The molecule has 2 heterocycles. The van der Waals surface area contributed by atoms with Crippen LogP contribution in [0.15, 0.2) is 0 Å². The number of piperidine rings is 1. The van der Waals surface area contributed by atoms with Crippen molar-refractivity contribution in [2.45, 2.75) is 69.3 Å². The summed E-state index contributed by atoms with van der Waals surface area (Å²) in [6.07, 6.45) is 9.86. The third-order valence-electron chi connectivity index (χ3n) is 5.23. The molecule has 1 spiro atoms. The average molecular weight is 283 g/mol. The van der Waals surface area contributed by atoms with E-state index in [2.05, 4.69) is 11.9 Å². The maximum absolute atomic E-state index is 6.10. The highest BCUT2D eigenvalue weighted by Gasteiger charge is 2.40. The summed E-state index contributed by atoms with van der Waals surface area (Å²) >= 11 is 0. The molecule has 2 aliphatic heterocycles. The predicted octanol–water partition coefficient (Wildman–Crippen LogP) is 2.56. The van der Waals surface area contributed by atoms with Crippen LogP contribution in [-0.2, 0) is 14.2 Å². The molecular weight excluding hydrogens is 254 g/mol. The maximum atomic E-state index is 6.10. The number of hydrogen-bond donors (Lipinski definition) is 0. The zero-order chi connectivity index (χ0) is 13.8. The van der Waals surface area contributed by atoms with Gasteiger partial charge < -0.3 is 19.1 Å². The van der Waals surface area contributed by atoms with Crippen LogP contribution in [-0.4, -0.2) is 56.2 Å². The van der Waals surface area contributed by atoms with Gasteiger partial charge in [0, 0.05) is 25.5 Å². The second kappa shape index (κ2) is 6.73. The number of rotatable bonds is 4. The molecule has 4 heteroatoms. The predicted molar refractivity (Wildman–Crippen MR) is 77.7 cm³/mol. The quantitative estimate of drug-likeness (QED) is 0.793. The molecule has 0 N–H and O–H groups in total. The van der Waals surface area contributed by atoms with E-state index in [0.29, 0.717) is 6.10 Å². The van der Waals surface area contributed by atoms with Gasteiger partial charge >= 0.3 is 0 Å². The van der Waals surface area contributed by atoms with E-state index >= 15 is 0 Å². The summed E-state index contributed by atoms with van der Waals surface area (Å²) in [4.78, 5) is 2.50. The Kier molecular flexibility index (Phi) is 4.97. The lowest BCUT2D eigenvalue weighted by atomic mass is 9.91.